The van der Waals surface area contributed by atoms with Gasteiger partial charge in [0.25, 0.3) is 0 Å². The quantitative estimate of drug-likeness (QED) is 0.332. The van der Waals surface area contributed by atoms with Gasteiger partial charge in [-0.05, 0) is 6.80 Å². The normalized spacial score (nSPS) is 10.3. The number of quaternary nitrogens is 2. The Morgan fingerprint density at radius 3 is 2.20 bits per heavy atom. The van der Waals surface area contributed by atoms with Crippen LogP contribution in [0.25, 0.3) is 0 Å². The summed E-state index contributed by atoms with van der Waals surface area (Å²) in [6.07, 6.45) is 1.84. The highest BCUT2D eigenvalue weighted by Crippen LogP contribution is 2.41. The maximum absolute atomic E-state index is 10.2. The van der Waals surface area contributed by atoms with Crippen LogP contribution in [0.1, 0.15) is 12.8 Å². The zero-order valence-electron chi connectivity index (χ0n) is 8.61. The largest absolute Gasteiger partial charge is 0.803 e. The Morgan fingerprint density at radius 1 is 1.20 bits per heavy atom. The Morgan fingerprint density at radius 2 is 1.73 bits per heavy atom. The molecule has 0 fully saturated rings. The Kier molecular flexibility index (Phi) is 17.1. The molecule has 15 heavy (non-hydrogen) atoms. The molecule has 0 aliphatic heterocycles. The van der Waals surface area contributed by atoms with E-state index < -0.39 is 6.80 Å². The molecule has 0 amide bonds. The van der Waals surface area contributed by atoms with E-state index in [9.17, 15) is 14.4 Å². The minimum Gasteiger partial charge on any atom is -0.803 e. The molecule has 0 unspecified atom stereocenters. The number of nitrogens with two attached hydrogens (primary N) is 1. The molecule has 7 nitrogen and oxygen atoms in total. The Hall–Kier alpha value is 0.340. The van der Waals surface area contributed by atoms with Crippen molar-refractivity contribution < 1.29 is 36.4 Å². The molecule has 0 saturated heterocycles. The molecule has 9 heteroatoms. The molecule has 9 N–H and O–H groups in total. The van der Waals surface area contributed by atoms with Gasteiger partial charge in [-0.1, -0.05) is 0 Å². The smallest absolute Gasteiger partial charge is 0.0809 e. The van der Waals surface area contributed by atoms with Crippen molar-refractivity contribution in [2.75, 3.05) is 25.4 Å². The number of hydrogen-bond acceptors (Lipinski definition) is 4. The van der Waals surface area contributed by atoms with Gasteiger partial charge < -0.3 is 36.4 Å². The molecule has 0 spiro atoms. The average Bonchev–Trinajstić information content (AvgIpc) is 2.01. The summed E-state index contributed by atoms with van der Waals surface area (Å²) in [7, 11) is 0. The van der Waals surface area contributed by atoms with Gasteiger partial charge in [0.1, 0.15) is 0 Å². The van der Waals surface area contributed by atoms with Gasteiger partial charge in [0.15, 0.2) is 0 Å². The van der Waals surface area contributed by atoms with Crippen LogP contribution in [0.2, 0.25) is 0 Å². The second kappa shape index (κ2) is 12.4. The van der Waals surface area contributed by atoms with Gasteiger partial charge in [0.05, 0.1) is 19.6 Å². The highest BCUT2D eigenvalue weighted by atomic mass is 32.7. The van der Waals surface area contributed by atoms with Crippen LogP contribution in [0.3, 0.4) is 0 Å². The van der Waals surface area contributed by atoms with Crippen molar-refractivity contribution in [1.82, 2.24) is 0 Å². The summed E-state index contributed by atoms with van der Waals surface area (Å²) < 4.78 is 10.2. The van der Waals surface area contributed by atoms with E-state index in [1.165, 1.54) is 0 Å². The van der Waals surface area contributed by atoms with Crippen LogP contribution in [0.15, 0.2) is 0 Å². The molecular weight excluding hydrogens is 243 g/mol. The molecule has 0 atom stereocenters. The number of rotatable bonds is 8. The zero-order valence-corrected chi connectivity index (χ0v) is 10.3. The van der Waals surface area contributed by atoms with E-state index in [4.69, 9.17) is 0 Å². The first-order chi connectivity index (χ1) is 6.06. The van der Waals surface area contributed by atoms with Gasteiger partial charge in [0.2, 0.25) is 0 Å². The monoisotopic (exact) mass is 264 g/mol. The third-order valence-corrected chi connectivity index (χ3v) is 3.74. The summed E-state index contributed by atoms with van der Waals surface area (Å²) in [6.45, 7) is -1.49. The summed E-state index contributed by atoms with van der Waals surface area (Å²) in [6, 6.07) is 0. The van der Waals surface area contributed by atoms with Crippen LogP contribution >= 0.6 is 18.2 Å². The van der Waals surface area contributed by atoms with Crippen molar-refractivity contribution in [2.45, 2.75) is 12.8 Å². The fraction of sp³-hybridized carbons (Fsp3) is 1.00. The Bertz CT molecular complexity index is 168. The molecule has 0 aromatic heterocycles. The molecular formula is C6H21N2O5PS. The summed E-state index contributed by atoms with van der Waals surface area (Å²) in [5.41, 5.74) is 3.71. The van der Waals surface area contributed by atoms with E-state index >= 15 is 0 Å². The predicted octanol–water partition coefficient (Wildman–Crippen LogP) is -4.52. The van der Waals surface area contributed by atoms with Gasteiger partial charge >= 0.3 is 0 Å². The first-order valence-corrected chi connectivity index (χ1v) is 7.47. The van der Waals surface area contributed by atoms with E-state index in [1.54, 1.807) is 0 Å². The lowest BCUT2D eigenvalue weighted by molar-refractivity contribution is -0.656. The average molecular weight is 264 g/mol. The molecule has 0 saturated carbocycles. The van der Waals surface area contributed by atoms with E-state index in [0.717, 1.165) is 32.5 Å². The first kappa shape index (κ1) is 20.7. The van der Waals surface area contributed by atoms with Crippen LogP contribution in [-0.4, -0.2) is 36.3 Å². The van der Waals surface area contributed by atoms with Crippen molar-refractivity contribution in [3.63, 3.8) is 0 Å². The minimum atomic E-state index is -4.33. The standard InChI is InChI=1S/C6H17N2O3PS.2H2O/c7-3-1-4-8-5-2-6-13-12(9,10)11;;/h8H,1-7H2,(H2,9,10,11);2*1H2. The fourth-order valence-electron chi connectivity index (χ4n) is 0.837. The van der Waals surface area contributed by atoms with E-state index in [2.05, 4.69) is 11.1 Å². The van der Waals surface area contributed by atoms with Crippen molar-refractivity contribution in [1.29, 1.82) is 0 Å². The fourth-order valence-corrected chi connectivity index (χ4v) is 2.41. The second-order valence-electron chi connectivity index (χ2n) is 2.71. The summed E-state index contributed by atoms with van der Waals surface area (Å²) in [4.78, 5) is 20.4. The molecule has 0 aromatic rings. The van der Waals surface area contributed by atoms with Crippen LogP contribution in [-0.2, 0) is 4.57 Å². The van der Waals surface area contributed by atoms with E-state index in [1.807, 2.05) is 0 Å². The Balaban J connectivity index is -0.000000720. The second-order valence-corrected chi connectivity index (χ2v) is 6.38. The molecule has 0 aliphatic rings. The van der Waals surface area contributed by atoms with Gasteiger partial charge in [-0.15, -0.1) is 11.4 Å². The van der Waals surface area contributed by atoms with Crippen LogP contribution in [0, 0.1) is 0 Å². The summed E-state index contributed by atoms with van der Waals surface area (Å²) in [5, 5.41) is 2.12. The highest BCUT2D eigenvalue weighted by molar-refractivity contribution is 8.53. The van der Waals surface area contributed by atoms with Gasteiger partial charge in [-0.25, -0.2) is 0 Å². The highest BCUT2D eigenvalue weighted by Gasteiger charge is 1.94. The molecule has 0 radical (unpaired) electrons. The van der Waals surface area contributed by atoms with Crippen LogP contribution in [0.5, 0.6) is 0 Å². The van der Waals surface area contributed by atoms with Gasteiger partial charge in [0, 0.05) is 18.6 Å². The molecule has 0 rings (SSSR count). The third-order valence-electron chi connectivity index (χ3n) is 1.46. The lowest BCUT2D eigenvalue weighted by Crippen LogP contribution is -2.85. The van der Waals surface area contributed by atoms with Crippen LogP contribution in [0.4, 0.5) is 0 Å². The van der Waals surface area contributed by atoms with E-state index in [0.29, 0.717) is 17.1 Å². The van der Waals surface area contributed by atoms with Gasteiger partial charge in [-0.3, -0.25) is 0 Å². The molecule has 0 aliphatic carbocycles. The van der Waals surface area contributed by atoms with Crippen molar-refractivity contribution in [3.05, 3.63) is 0 Å². The lowest BCUT2D eigenvalue weighted by atomic mass is 10.4. The molecule has 0 bridgehead atoms. The van der Waals surface area contributed by atoms with Gasteiger partial charge in [-0.2, -0.15) is 0 Å². The van der Waals surface area contributed by atoms with Crippen molar-refractivity contribution >= 4 is 18.2 Å². The Labute approximate surface area is 93.3 Å². The maximum Gasteiger partial charge on any atom is 0.0809 e. The maximum atomic E-state index is 10.2. The predicted molar refractivity (Wildman–Crippen MR) is 55.9 cm³/mol. The molecule has 0 heterocycles. The first-order valence-electron chi connectivity index (χ1n) is 4.34. The summed E-state index contributed by atoms with van der Waals surface area (Å²) in [5.74, 6) is 0.408. The lowest BCUT2D eigenvalue weighted by Gasteiger charge is -2.27. The zero-order chi connectivity index (χ0) is 10.2. The van der Waals surface area contributed by atoms with Crippen molar-refractivity contribution in [3.8, 4) is 0 Å². The van der Waals surface area contributed by atoms with E-state index in [-0.39, 0.29) is 11.0 Å². The number of hydrogen-bond donors (Lipinski definition) is 2. The molecule has 96 valence electrons. The third kappa shape index (κ3) is 20.4. The molecule has 0 aromatic carbocycles. The topological polar surface area (TPSA) is 170 Å². The van der Waals surface area contributed by atoms with Crippen molar-refractivity contribution in [2.24, 2.45) is 0 Å². The summed E-state index contributed by atoms with van der Waals surface area (Å²) >= 11 is 0.509. The van der Waals surface area contributed by atoms with Crippen LogP contribution < -0.4 is 20.8 Å². The SMILES string of the molecule is O.O.[NH3+]CCC[NH2+]CCCSP(=O)([O-])[O-]. The minimum absolute atomic E-state index is 0.